The summed E-state index contributed by atoms with van der Waals surface area (Å²) < 4.78 is 11.1. The van der Waals surface area contributed by atoms with Crippen molar-refractivity contribution >= 4 is 35.0 Å². The summed E-state index contributed by atoms with van der Waals surface area (Å²) in [7, 11) is 0. The van der Waals surface area contributed by atoms with Crippen LogP contribution in [0.15, 0.2) is 48.5 Å². The molecule has 174 valence electrons. The van der Waals surface area contributed by atoms with Gasteiger partial charge in [0.1, 0.15) is 11.5 Å². The molecule has 1 N–H and O–H groups in total. The van der Waals surface area contributed by atoms with E-state index in [0.717, 1.165) is 25.7 Å². The normalized spacial score (nSPS) is 17.5. The Bertz CT molecular complexity index is 965. The molecule has 33 heavy (non-hydrogen) atoms. The van der Waals surface area contributed by atoms with E-state index in [0.29, 0.717) is 21.5 Å². The summed E-state index contributed by atoms with van der Waals surface area (Å²) in [6.07, 6.45) is 8.51. The first kappa shape index (κ1) is 24.8. The first-order valence-corrected chi connectivity index (χ1v) is 11.5. The highest BCUT2D eigenvalue weighted by molar-refractivity contribution is 6.30. The molecule has 2 aromatic rings. The van der Waals surface area contributed by atoms with Crippen molar-refractivity contribution in [3.05, 3.63) is 58.6 Å². The maximum atomic E-state index is 12.8. The van der Waals surface area contributed by atoms with Gasteiger partial charge in [0, 0.05) is 22.1 Å². The third kappa shape index (κ3) is 7.88. The number of halogens is 2. The zero-order valence-electron chi connectivity index (χ0n) is 18.1. The SMILES string of the molecule is C#CCN(C(=O)COc1ccc(Cl)cc1)C1CCC(NC(=O)COc2ccc(Cl)cc2)CC1. The second-order valence-electron chi connectivity index (χ2n) is 7.78. The summed E-state index contributed by atoms with van der Waals surface area (Å²) in [5.41, 5.74) is 0. The van der Waals surface area contributed by atoms with Crippen LogP contribution in [0.5, 0.6) is 11.5 Å². The van der Waals surface area contributed by atoms with Crippen molar-refractivity contribution in [3.63, 3.8) is 0 Å². The summed E-state index contributed by atoms with van der Waals surface area (Å²) in [6.45, 7) is 0.0623. The Kier molecular flexibility index (Phi) is 9.29. The predicted octanol–water partition coefficient (Wildman–Crippen LogP) is 4.34. The van der Waals surface area contributed by atoms with Gasteiger partial charge < -0.3 is 19.7 Å². The fraction of sp³-hybridized carbons (Fsp3) is 0.360. The largest absolute Gasteiger partial charge is 0.484 e. The van der Waals surface area contributed by atoms with Gasteiger partial charge in [-0.2, -0.15) is 0 Å². The molecule has 0 aromatic heterocycles. The van der Waals surface area contributed by atoms with Crippen LogP contribution in [0.1, 0.15) is 25.7 Å². The zero-order chi connectivity index (χ0) is 23.6. The number of amides is 2. The van der Waals surface area contributed by atoms with Gasteiger partial charge in [0.2, 0.25) is 0 Å². The maximum Gasteiger partial charge on any atom is 0.261 e. The molecule has 1 aliphatic rings. The quantitative estimate of drug-likeness (QED) is 0.533. The Hall–Kier alpha value is -2.88. The van der Waals surface area contributed by atoms with Crippen molar-refractivity contribution in [2.75, 3.05) is 19.8 Å². The van der Waals surface area contributed by atoms with Crippen LogP contribution in [0.2, 0.25) is 10.0 Å². The first-order valence-electron chi connectivity index (χ1n) is 10.7. The molecule has 0 radical (unpaired) electrons. The van der Waals surface area contributed by atoms with Crippen molar-refractivity contribution in [2.24, 2.45) is 0 Å². The molecule has 0 bridgehead atoms. The van der Waals surface area contributed by atoms with Crippen LogP contribution in [0.4, 0.5) is 0 Å². The molecule has 3 rings (SSSR count). The van der Waals surface area contributed by atoms with Crippen molar-refractivity contribution in [1.29, 1.82) is 0 Å². The average Bonchev–Trinajstić information content (AvgIpc) is 2.82. The number of ether oxygens (including phenoxy) is 2. The Morgan fingerprint density at radius 1 is 0.909 bits per heavy atom. The molecular weight excluding hydrogens is 463 g/mol. The highest BCUT2D eigenvalue weighted by Gasteiger charge is 2.29. The second kappa shape index (κ2) is 12.4. The number of hydrogen-bond donors (Lipinski definition) is 1. The van der Waals surface area contributed by atoms with Gasteiger partial charge in [-0.1, -0.05) is 29.1 Å². The van der Waals surface area contributed by atoms with Crippen LogP contribution in [-0.4, -0.2) is 48.6 Å². The summed E-state index contributed by atoms with van der Waals surface area (Å²) in [4.78, 5) is 26.7. The Morgan fingerprint density at radius 3 is 1.94 bits per heavy atom. The van der Waals surface area contributed by atoms with E-state index in [4.69, 9.17) is 39.1 Å². The molecule has 0 unspecified atom stereocenters. The van der Waals surface area contributed by atoms with Gasteiger partial charge in [-0.05, 0) is 74.2 Å². The van der Waals surface area contributed by atoms with Crippen LogP contribution < -0.4 is 14.8 Å². The monoisotopic (exact) mass is 488 g/mol. The number of benzene rings is 2. The minimum Gasteiger partial charge on any atom is -0.484 e. The molecule has 2 amide bonds. The fourth-order valence-corrected chi connectivity index (χ4v) is 4.01. The number of carbonyl (C=O) groups is 2. The first-order chi connectivity index (χ1) is 15.9. The number of carbonyl (C=O) groups excluding carboxylic acids is 2. The smallest absolute Gasteiger partial charge is 0.261 e. The molecule has 0 saturated heterocycles. The third-order valence-electron chi connectivity index (χ3n) is 5.44. The molecule has 1 saturated carbocycles. The maximum absolute atomic E-state index is 12.8. The van der Waals surface area contributed by atoms with E-state index in [1.54, 1.807) is 53.4 Å². The van der Waals surface area contributed by atoms with E-state index in [2.05, 4.69) is 11.2 Å². The van der Waals surface area contributed by atoms with Crippen molar-refractivity contribution in [1.82, 2.24) is 10.2 Å². The van der Waals surface area contributed by atoms with Crippen LogP contribution in [0.3, 0.4) is 0 Å². The number of nitrogens with one attached hydrogen (secondary N) is 1. The van der Waals surface area contributed by atoms with Gasteiger partial charge in [0.15, 0.2) is 13.2 Å². The lowest BCUT2D eigenvalue weighted by atomic mass is 9.90. The van der Waals surface area contributed by atoms with E-state index in [-0.39, 0.29) is 43.7 Å². The van der Waals surface area contributed by atoms with Gasteiger partial charge in [0.05, 0.1) is 6.54 Å². The standard InChI is InChI=1S/C25H26Cl2N2O4/c1-2-15-29(25(31)17-33-23-13-5-19(27)6-14-23)21-9-7-20(8-10-21)28-24(30)16-32-22-11-3-18(26)4-12-22/h1,3-6,11-14,20-21H,7-10,15-17H2,(H,28,30). The molecule has 0 atom stereocenters. The average molecular weight is 489 g/mol. The Morgan fingerprint density at radius 2 is 1.42 bits per heavy atom. The Balaban J connectivity index is 1.43. The Labute approximate surface area is 204 Å². The molecule has 1 fully saturated rings. The summed E-state index contributed by atoms with van der Waals surface area (Å²) in [6, 6.07) is 13.7. The molecule has 1 aliphatic carbocycles. The van der Waals surface area contributed by atoms with Crippen molar-refractivity contribution in [3.8, 4) is 23.8 Å². The minimum atomic E-state index is -0.179. The highest BCUT2D eigenvalue weighted by atomic mass is 35.5. The van der Waals surface area contributed by atoms with Gasteiger partial charge >= 0.3 is 0 Å². The molecule has 0 spiro atoms. The van der Waals surface area contributed by atoms with Crippen molar-refractivity contribution < 1.29 is 19.1 Å². The minimum absolute atomic E-state index is 0.0147. The van der Waals surface area contributed by atoms with Crippen LogP contribution in [0.25, 0.3) is 0 Å². The zero-order valence-corrected chi connectivity index (χ0v) is 19.6. The number of terminal acetylenes is 1. The van der Waals surface area contributed by atoms with Gasteiger partial charge in [-0.25, -0.2) is 0 Å². The number of hydrogen-bond acceptors (Lipinski definition) is 4. The van der Waals surface area contributed by atoms with E-state index >= 15 is 0 Å². The summed E-state index contributed by atoms with van der Waals surface area (Å²) in [5, 5.41) is 4.21. The van der Waals surface area contributed by atoms with E-state index in [9.17, 15) is 9.59 Å². The van der Waals surface area contributed by atoms with Crippen LogP contribution >= 0.6 is 23.2 Å². The summed E-state index contributed by atoms with van der Waals surface area (Å²) in [5.74, 6) is 3.38. The molecule has 0 aliphatic heterocycles. The van der Waals surface area contributed by atoms with Gasteiger partial charge in [-0.3, -0.25) is 9.59 Å². The van der Waals surface area contributed by atoms with Crippen LogP contribution in [0, 0.1) is 12.3 Å². The summed E-state index contributed by atoms with van der Waals surface area (Å²) >= 11 is 11.7. The van der Waals surface area contributed by atoms with E-state index in [1.807, 2.05) is 0 Å². The van der Waals surface area contributed by atoms with Gasteiger partial charge in [0.25, 0.3) is 11.8 Å². The lowest BCUT2D eigenvalue weighted by Gasteiger charge is -2.36. The van der Waals surface area contributed by atoms with Crippen LogP contribution in [-0.2, 0) is 9.59 Å². The molecule has 2 aromatic carbocycles. The van der Waals surface area contributed by atoms with E-state index < -0.39 is 0 Å². The third-order valence-corrected chi connectivity index (χ3v) is 5.95. The van der Waals surface area contributed by atoms with Crippen molar-refractivity contribution in [2.45, 2.75) is 37.8 Å². The number of rotatable bonds is 9. The van der Waals surface area contributed by atoms with E-state index in [1.165, 1.54) is 0 Å². The molecule has 6 nitrogen and oxygen atoms in total. The molecular formula is C25H26Cl2N2O4. The lowest BCUT2D eigenvalue weighted by molar-refractivity contribution is -0.136. The van der Waals surface area contributed by atoms with Gasteiger partial charge in [-0.15, -0.1) is 6.42 Å². The predicted molar refractivity (Wildman–Crippen MR) is 129 cm³/mol. The topological polar surface area (TPSA) is 67.9 Å². The lowest BCUT2D eigenvalue weighted by Crippen LogP contribution is -2.48. The second-order valence-corrected chi connectivity index (χ2v) is 8.66. The molecule has 0 heterocycles. The molecule has 8 heteroatoms. The highest BCUT2D eigenvalue weighted by Crippen LogP contribution is 2.24. The fourth-order valence-electron chi connectivity index (χ4n) is 3.76. The number of nitrogens with zero attached hydrogens (tertiary/aromatic N) is 1.